The third kappa shape index (κ3) is 2.97. The fraction of sp³-hybridized carbons (Fsp3) is 0.286. The minimum atomic E-state index is 0.770. The summed E-state index contributed by atoms with van der Waals surface area (Å²) in [7, 11) is 1.84. The Bertz CT molecular complexity index is 537. The van der Waals surface area contributed by atoms with E-state index < -0.39 is 0 Å². The highest BCUT2D eigenvalue weighted by molar-refractivity contribution is 5.46. The number of aryl methyl sites for hydroxylation is 2. The Hall–Kier alpha value is -2.10. The van der Waals surface area contributed by atoms with Gasteiger partial charge in [0.1, 0.15) is 18.0 Å². The van der Waals surface area contributed by atoms with E-state index in [1.54, 1.807) is 6.33 Å². The highest BCUT2D eigenvalue weighted by atomic mass is 15.0. The summed E-state index contributed by atoms with van der Waals surface area (Å²) in [5.41, 5.74) is 3.87. The quantitative estimate of drug-likeness (QED) is 0.865. The monoisotopic (exact) mass is 242 g/mol. The van der Waals surface area contributed by atoms with Crippen LogP contribution in [-0.2, 0) is 6.54 Å². The average Bonchev–Trinajstić information content (AvgIpc) is 2.38. The number of nitrogens with zero attached hydrogens (tertiary/aromatic N) is 2. The van der Waals surface area contributed by atoms with Crippen molar-refractivity contribution in [2.75, 3.05) is 17.7 Å². The zero-order valence-electron chi connectivity index (χ0n) is 11.0. The Morgan fingerprint density at radius 3 is 2.56 bits per heavy atom. The van der Waals surface area contributed by atoms with Crippen LogP contribution in [0.1, 0.15) is 16.7 Å². The summed E-state index contributed by atoms with van der Waals surface area (Å²) < 4.78 is 0. The summed E-state index contributed by atoms with van der Waals surface area (Å²) in [5, 5.41) is 6.30. The zero-order valence-corrected chi connectivity index (χ0v) is 11.0. The van der Waals surface area contributed by atoms with E-state index in [0.717, 1.165) is 18.2 Å². The molecule has 1 heterocycles. The van der Waals surface area contributed by atoms with Crippen molar-refractivity contribution >= 4 is 11.6 Å². The molecule has 0 aliphatic carbocycles. The van der Waals surface area contributed by atoms with Crippen LogP contribution < -0.4 is 10.6 Å². The normalized spacial score (nSPS) is 10.2. The molecule has 0 amide bonds. The predicted octanol–water partition coefficient (Wildman–Crippen LogP) is 2.75. The van der Waals surface area contributed by atoms with Gasteiger partial charge in [-0.25, -0.2) is 9.97 Å². The average molecular weight is 242 g/mol. The number of nitrogens with one attached hydrogen (secondary N) is 2. The van der Waals surface area contributed by atoms with Gasteiger partial charge in [-0.15, -0.1) is 0 Å². The molecule has 0 unspecified atom stereocenters. The Morgan fingerprint density at radius 2 is 1.83 bits per heavy atom. The second-order valence-electron chi connectivity index (χ2n) is 4.32. The van der Waals surface area contributed by atoms with Crippen molar-refractivity contribution < 1.29 is 0 Å². The first-order valence-electron chi connectivity index (χ1n) is 5.99. The summed E-state index contributed by atoms with van der Waals surface area (Å²) in [6.45, 7) is 5.00. The predicted molar refractivity (Wildman–Crippen MR) is 74.8 cm³/mol. The molecule has 0 bridgehead atoms. The van der Waals surface area contributed by atoms with Crippen molar-refractivity contribution in [2.45, 2.75) is 20.4 Å². The van der Waals surface area contributed by atoms with Crippen LogP contribution in [0.5, 0.6) is 0 Å². The highest BCUT2D eigenvalue weighted by Gasteiger charge is 2.00. The summed E-state index contributed by atoms with van der Waals surface area (Å²) in [6, 6.07) is 8.36. The maximum atomic E-state index is 4.19. The van der Waals surface area contributed by atoms with E-state index in [0.29, 0.717) is 0 Å². The first-order chi connectivity index (χ1) is 8.69. The topological polar surface area (TPSA) is 49.8 Å². The van der Waals surface area contributed by atoms with Crippen molar-refractivity contribution in [3.63, 3.8) is 0 Å². The van der Waals surface area contributed by atoms with Gasteiger partial charge < -0.3 is 10.6 Å². The van der Waals surface area contributed by atoms with Gasteiger partial charge in [-0.3, -0.25) is 0 Å². The summed E-state index contributed by atoms with van der Waals surface area (Å²) >= 11 is 0. The fourth-order valence-corrected chi connectivity index (χ4v) is 1.82. The second kappa shape index (κ2) is 5.49. The van der Waals surface area contributed by atoms with E-state index in [2.05, 4.69) is 52.6 Å². The number of hydrogen-bond donors (Lipinski definition) is 2. The van der Waals surface area contributed by atoms with Gasteiger partial charge in [-0.2, -0.15) is 0 Å². The van der Waals surface area contributed by atoms with Crippen LogP contribution in [0.4, 0.5) is 11.6 Å². The van der Waals surface area contributed by atoms with Gasteiger partial charge >= 0.3 is 0 Å². The molecule has 0 spiro atoms. The molecule has 18 heavy (non-hydrogen) atoms. The molecular weight excluding hydrogens is 224 g/mol. The van der Waals surface area contributed by atoms with Crippen LogP contribution in [-0.4, -0.2) is 17.0 Å². The zero-order chi connectivity index (χ0) is 13.0. The van der Waals surface area contributed by atoms with Crippen molar-refractivity contribution in [3.8, 4) is 0 Å². The Balaban J connectivity index is 2.06. The van der Waals surface area contributed by atoms with Gasteiger partial charge in [0.15, 0.2) is 0 Å². The summed E-state index contributed by atoms with van der Waals surface area (Å²) in [4.78, 5) is 8.27. The first-order valence-corrected chi connectivity index (χ1v) is 5.99. The standard InChI is InChI=1S/C14H18N4/c1-10-4-5-12(11(2)6-10)8-16-14-7-13(15-3)17-9-18-14/h4-7,9H,8H2,1-3H3,(H2,15,16,17,18). The molecule has 1 aromatic heterocycles. The van der Waals surface area contributed by atoms with E-state index in [1.165, 1.54) is 16.7 Å². The minimum absolute atomic E-state index is 0.770. The lowest BCUT2D eigenvalue weighted by molar-refractivity contribution is 1.06. The van der Waals surface area contributed by atoms with Crippen LogP contribution in [0.15, 0.2) is 30.6 Å². The van der Waals surface area contributed by atoms with E-state index in [9.17, 15) is 0 Å². The number of aromatic nitrogens is 2. The van der Waals surface area contributed by atoms with Gasteiger partial charge in [0.05, 0.1) is 0 Å². The Morgan fingerprint density at radius 1 is 1.06 bits per heavy atom. The largest absolute Gasteiger partial charge is 0.373 e. The molecule has 1 aromatic carbocycles. The van der Waals surface area contributed by atoms with Gasteiger partial charge in [0.25, 0.3) is 0 Å². The number of rotatable bonds is 4. The molecule has 2 N–H and O–H groups in total. The lowest BCUT2D eigenvalue weighted by Gasteiger charge is -2.09. The molecule has 0 fully saturated rings. The molecule has 4 nitrogen and oxygen atoms in total. The molecule has 0 aliphatic rings. The van der Waals surface area contributed by atoms with E-state index in [-0.39, 0.29) is 0 Å². The molecule has 0 saturated carbocycles. The SMILES string of the molecule is CNc1cc(NCc2ccc(C)cc2C)ncn1. The molecular formula is C14H18N4. The fourth-order valence-electron chi connectivity index (χ4n) is 1.82. The number of hydrogen-bond acceptors (Lipinski definition) is 4. The van der Waals surface area contributed by atoms with Gasteiger partial charge in [-0.1, -0.05) is 23.8 Å². The first kappa shape index (κ1) is 12.4. The Kier molecular flexibility index (Phi) is 3.77. The summed E-state index contributed by atoms with van der Waals surface area (Å²) in [6.07, 6.45) is 1.55. The lowest BCUT2D eigenvalue weighted by atomic mass is 10.1. The molecule has 0 atom stereocenters. The molecule has 0 saturated heterocycles. The summed E-state index contributed by atoms with van der Waals surface area (Å²) in [5.74, 6) is 1.64. The van der Waals surface area contributed by atoms with E-state index in [1.807, 2.05) is 13.1 Å². The smallest absolute Gasteiger partial charge is 0.131 e. The lowest BCUT2D eigenvalue weighted by Crippen LogP contribution is -2.04. The number of anilines is 2. The van der Waals surface area contributed by atoms with Gasteiger partial charge in [-0.05, 0) is 25.0 Å². The minimum Gasteiger partial charge on any atom is -0.373 e. The molecule has 0 aliphatic heterocycles. The van der Waals surface area contributed by atoms with Crippen molar-refractivity contribution in [1.82, 2.24) is 9.97 Å². The van der Waals surface area contributed by atoms with Crippen molar-refractivity contribution in [1.29, 1.82) is 0 Å². The number of benzene rings is 1. The van der Waals surface area contributed by atoms with Crippen LogP contribution in [0.3, 0.4) is 0 Å². The van der Waals surface area contributed by atoms with Crippen molar-refractivity contribution in [3.05, 3.63) is 47.3 Å². The maximum absolute atomic E-state index is 4.19. The molecule has 2 aromatic rings. The molecule has 94 valence electrons. The Labute approximate surface area is 107 Å². The third-order valence-electron chi connectivity index (χ3n) is 2.88. The van der Waals surface area contributed by atoms with E-state index >= 15 is 0 Å². The van der Waals surface area contributed by atoms with Crippen LogP contribution >= 0.6 is 0 Å². The highest BCUT2D eigenvalue weighted by Crippen LogP contribution is 2.13. The second-order valence-corrected chi connectivity index (χ2v) is 4.32. The van der Waals surface area contributed by atoms with Crippen LogP contribution in [0.2, 0.25) is 0 Å². The van der Waals surface area contributed by atoms with Crippen LogP contribution in [0.25, 0.3) is 0 Å². The van der Waals surface area contributed by atoms with Gasteiger partial charge in [0, 0.05) is 19.7 Å². The van der Waals surface area contributed by atoms with Crippen molar-refractivity contribution in [2.24, 2.45) is 0 Å². The molecule has 2 rings (SSSR count). The maximum Gasteiger partial charge on any atom is 0.131 e. The molecule has 0 radical (unpaired) electrons. The van der Waals surface area contributed by atoms with Crippen LogP contribution in [0, 0.1) is 13.8 Å². The van der Waals surface area contributed by atoms with E-state index in [4.69, 9.17) is 0 Å². The molecule has 4 heteroatoms. The third-order valence-corrected chi connectivity index (χ3v) is 2.88. The van der Waals surface area contributed by atoms with Gasteiger partial charge in [0.2, 0.25) is 0 Å².